The number of halogens is 1. The molecule has 0 aromatic carbocycles. The summed E-state index contributed by atoms with van der Waals surface area (Å²) >= 11 is -3.64. The Bertz CT molecular complexity index is 102. The third kappa shape index (κ3) is 3.19. The Balaban J connectivity index is 3.80. The normalized spacial score (nSPS) is 26.8. The van der Waals surface area contributed by atoms with Crippen LogP contribution in [0.4, 0.5) is 0 Å². The first-order chi connectivity index (χ1) is 2.94. The van der Waals surface area contributed by atoms with E-state index in [4.69, 9.17) is 4.54 Å². The molecule has 0 bridgehead atoms. The summed E-state index contributed by atoms with van der Waals surface area (Å²) < 4.78 is 21.9. The van der Waals surface area contributed by atoms with Crippen molar-refractivity contribution in [2.24, 2.45) is 3.95 Å². The van der Waals surface area contributed by atoms with Crippen LogP contribution in [0.25, 0.3) is 0 Å². The topological polar surface area (TPSA) is 43.1 Å². The van der Waals surface area contributed by atoms with Gasteiger partial charge in [-0.3, -0.25) is 0 Å². The zero-order valence-electron chi connectivity index (χ0n) is 4.52. The van der Waals surface area contributed by atoms with Gasteiger partial charge in [-0.15, -0.1) is 0 Å². The molecule has 0 radical (unpaired) electrons. The van der Waals surface area contributed by atoms with E-state index in [1.165, 1.54) is 0 Å². The van der Waals surface area contributed by atoms with Crippen molar-refractivity contribution in [2.75, 3.05) is 0 Å². The van der Waals surface area contributed by atoms with E-state index >= 15 is 0 Å². The molecule has 0 rings (SSSR count). The summed E-state index contributed by atoms with van der Waals surface area (Å²) in [4.78, 5) is 0. The van der Waals surface area contributed by atoms with Crippen LogP contribution in [0.5, 0.6) is 0 Å². The summed E-state index contributed by atoms with van der Waals surface area (Å²) in [5, 5.41) is 0. The van der Waals surface area contributed by atoms with Gasteiger partial charge in [0.25, 0.3) is 0 Å². The van der Waals surface area contributed by atoms with E-state index in [9.17, 15) is 3.07 Å². The molecule has 2 nitrogen and oxygen atoms in total. The molecule has 6 heavy (non-hydrogen) atoms. The third-order valence-corrected chi connectivity index (χ3v) is 3.94. The van der Waals surface area contributed by atoms with Gasteiger partial charge in [0.15, 0.2) is 0 Å². The maximum atomic E-state index is 10.4. The van der Waals surface area contributed by atoms with E-state index < -0.39 is 19.7 Å². The van der Waals surface area contributed by atoms with Crippen LogP contribution in [0.1, 0.15) is 0 Å². The summed E-state index contributed by atoms with van der Waals surface area (Å²) in [7, 11) is 2.26. The average molecular weight is 220 g/mol. The summed E-state index contributed by atoms with van der Waals surface area (Å²) in [6.45, 7) is 1.67. The Morgan fingerprint density at radius 2 is 2.50 bits per heavy atom. The predicted molar refractivity (Wildman–Crippen MR) is 41.6 cm³/mol. The van der Waals surface area contributed by atoms with Crippen LogP contribution in [-0.2, 0) is 3.07 Å². The van der Waals surface area contributed by atoms with Crippen molar-refractivity contribution in [1.82, 2.24) is 0 Å². The Morgan fingerprint density at radius 1 is 2.33 bits per heavy atom. The van der Waals surface area contributed by atoms with Crippen LogP contribution < -0.4 is 3.95 Å². The molecule has 0 heterocycles. The van der Waals surface area contributed by atoms with Crippen LogP contribution in [0, 0.1) is 0 Å². The summed E-state index contributed by atoms with van der Waals surface area (Å²) in [5.41, 5.74) is 0. The minimum atomic E-state index is -3.64. The van der Waals surface area contributed by atoms with Gasteiger partial charge in [0, 0.05) is 0 Å². The van der Waals surface area contributed by atoms with Gasteiger partial charge in [-0.05, 0) is 0 Å². The molecule has 0 saturated carbocycles. The van der Waals surface area contributed by atoms with Crippen molar-refractivity contribution in [3.05, 3.63) is 0 Å². The number of nitrogens with two attached hydrogens (primary N) is 1. The summed E-state index contributed by atoms with van der Waals surface area (Å²) in [6.07, 6.45) is 0. The van der Waals surface area contributed by atoms with E-state index in [1.807, 2.05) is 0 Å². The first-order valence-electron chi connectivity index (χ1n) is 1.88. The second-order valence-electron chi connectivity index (χ2n) is 0.982. The number of hydrogen-bond acceptors (Lipinski definition) is 1. The Morgan fingerprint density at radius 3 is 2.50 bits per heavy atom. The Kier molecular flexibility index (Phi) is 2.61. The molecule has 5 heteroatoms. The fourth-order valence-corrected chi connectivity index (χ4v) is 0. The molecule has 0 aromatic rings. The van der Waals surface area contributed by atoms with Gasteiger partial charge in [-0.2, -0.15) is 0 Å². The van der Waals surface area contributed by atoms with Gasteiger partial charge in [0.2, 0.25) is 0 Å². The van der Waals surface area contributed by atoms with E-state index in [-0.39, 0.29) is 4.29 Å². The van der Waals surface area contributed by atoms with Crippen molar-refractivity contribution < 1.29 is 3.07 Å². The third-order valence-electron chi connectivity index (χ3n) is 0.339. The van der Waals surface area contributed by atoms with Crippen LogP contribution in [0.15, 0.2) is 0 Å². The molecule has 0 amide bonds. The van der Waals surface area contributed by atoms with Gasteiger partial charge < -0.3 is 0 Å². The van der Waals surface area contributed by atoms with Crippen molar-refractivity contribution in [3.63, 3.8) is 0 Å². The molecular formula is CH8BINOP. The fraction of sp³-hybridized carbons (Fsp3) is 1.00. The van der Waals surface area contributed by atoms with Gasteiger partial charge in [0.05, 0.1) is 0 Å². The Labute approximate surface area is 47.8 Å². The quantitative estimate of drug-likeness (QED) is 0.301. The molecule has 38 valence electrons. The second-order valence-corrected chi connectivity index (χ2v) is 7.04. The molecular weight excluding hydrogens is 211 g/mol. The Hall–Kier alpha value is 0.985. The molecule has 0 aromatic heterocycles. The van der Waals surface area contributed by atoms with Gasteiger partial charge >= 0.3 is 47.5 Å². The summed E-state index contributed by atoms with van der Waals surface area (Å²) in [5.74, 6) is 0. The molecule has 0 spiro atoms. The van der Waals surface area contributed by atoms with E-state index in [0.29, 0.717) is 0 Å². The van der Waals surface area contributed by atoms with E-state index in [2.05, 4.69) is 9.12 Å². The predicted octanol–water partition coefficient (Wildman–Crippen LogP) is 0.437. The van der Waals surface area contributed by atoms with Crippen molar-refractivity contribution in [3.8, 4) is 0 Å². The summed E-state index contributed by atoms with van der Waals surface area (Å²) in [6, 6.07) is 0. The monoisotopic (exact) mass is 220 g/mol. The van der Waals surface area contributed by atoms with E-state index in [0.717, 1.165) is 0 Å². The van der Waals surface area contributed by atoms with Crippen LogP contribution in [0.3, 0.4) is 0 Å². The van der Waals surface area contributed by atoms with Crippen molar-refractivity contribution in [1.29, 1.82) is 0.594 Å². The number of hydrogen-bond donors (Lipinski definition) is 1. The average Bonchev–Trinajstić information content (AvgIpc) is 1.31. The molecule has 0 saturated heterocycles. The minimum absolute atomic E-state index is 0.216. The number of rotatable bonds is 1. The first kappa shape index (κ1) is 5.13. The SMILES string of the molecule is [2H]I(N)(=O)B(C)P. The van der Waals surface area contributed by atoms with Crippen molar-refractivity contribution >= 4 is 33.1 Å². The van der Waals surface area contributed by atoms with Crippen LogP contribution in [-0.4, -0.2) is 4.88 Å². The molecule has 2 N–H and O–H groups in total. The van der Waals surface area contributed by atoms with Crippen molar-refractivity contribution in [2.45, 2.75) is 6.82 Å². The first-order valence-corrected chi connectivity index (χ1v) is 5.54. The molecule has 0 aliphatic heterocycles. The molecule has 0 aliphatic rings. The molecule has 2 atom stereocenters. The molecule has 0 fully saturated rings. The van der Waals surface area contributed by atoms with Gasteiger partial charge in [0.1, 0.15) is 0 Å². The standard InChI is InChI=1S/CH8BINOP/c1-2(6)3(4)5/h3H,6H2,1H3,(H2,4,5)/i3D. The maximum absolute atomic E-state index is 10.4. The zero-order valence-corrected chi connectivity index (χ0v) is 6.83. The van der Waals surface area contributed by atoms with E-state index in [1.54, 1.807) is 6.82 Å². The zero-order chi connectivity index (χ0) is 6.08. The fourth-order valence-electron chi connectivity index (χ4n) is 0. The van der Waals surface area contributed by atoms with Gasteiger partial charge in [-0.25, -0.2) is 0 Å². The molecule has 0 aliphatic carbocycles. The second kappa shape index (κ2) is 3.05. The van der Waals surface area contributed by atoms with Crippen LogP contribution in [0.2, 0.25) is 6.82 Å². The van der Waals surface area contributed by atoms with Crippen LogP contribution >= 0.6 is 28.8 Å². The molecule has 2 unspecified atom stereocenters. The van der Waals surface area contributed by atoms with Gasteiger partial charge in [-0.1, -0.05) is 0 Å².